The molecule has 2 aromatic carbocycles. The highest BCUT2D eigenvalue weighted by Crippen LogP contribution is 2.35. The molecule has 0 aliphatic rings. The minimum atomic E-state index is -0.677. The number of amides is 1. The third kappa shape index (κ3) is 5.68. The van der Waals surface area contributed by atoms with Crippen LogP contribution in [0.5, 0.6) is 23.0 Å². The fourth-order valence-corrected chi connectivity index (χ4v) is 2.67. The van der Waals surface area contributed by atoms with Crippen LogP contribution in [-0.4, -0.2) is 46.4 Å². The molecule has 0 spiro atoms. The van der Waals surface area contributed by atoms with Crippen molar-refractivity contribution in [2.75, 3.05) is 39.9 Å². The number of anilines is 1. The molecule has 2 rings (SSSR count). The maximum Gasteiger partial charge on any atom is 0.338 e. The Bertz CT molecular complexity index is 885. The van der Waals surface area contributed by atoms with Gasteiger partial charge in [0, 0.05) is 6.07 Å². The molecule has 0 unspecified atom stereocenters. The van der Waals surface area contributed by atoms with E-state index in [4.69, 9.17) is 35.3 Å². The number of hydrogen-bond donors (Lipinski definition) is 1. The molecule has 0 fully saturated rings. The van der Waals surface area contributed by atoms with Crippen LogP contribution in [0.2, 0.25) is 5.02 Å². The first-order valence-corrected chi connectivity index (χ1v) is 9.00. The number of halogens is 1. The van der Waals surface area contributed by atoms with Gasteiger partial charge in [-0.3, -0.25) is 4.79 Å². The van der Waals surface area contributed by atoms with Gasteiger partial charge in [-0.05, 0) is 31.2 Å². The molecule has 0 radical (unpaired) electrons. The van der Waals surface area contributed by atoms with Crippen LogP contribution >= 0.6 is 11.6 Å². The average molecular weight is 424 g/mol. The normalized spacial score (nSPS) is 10.1. The Morgan fingerprint density at radius 1 is 0.931 bits per heavy atom. The SMILES string of the molecule is CCOc1cc(C(=O)OCC(=O)Nc2cc(Cl)c(OC)cc2OC)ccc1OC. The van der Waals surface area contributed by atoms with Gasteiger partial charge in [-0.25, -0.2) is 4.79 Å². The third-order valence-electron chi connectivity index (χ3n) is 3.78. The highest BCUT2D eigenvalue weighted by molar-refractivity contribution is 6.32. The summed E-state index contributed by atoms with van der Waals surface area (Å²) >= 11 is 6.08. The molecule has 0 saturated heterocycles. The Morgan fingerprint density at radius 2 is 1.62 bits per heavy atom. The van der Waals surface area contributed by atoms with Gasteiger partial charge in [-0.15, -0.1) is 0 Å². The standard InChI is InChI=1S/C20H22ClNO7/c1-5-28-18-8-12(6-7-15(18)25-2)20(24)29-11-19(23)22-14-9-13(21)16(26-3)10-17(14)27-4/h6-10H,5,11H2,1-4H3,(H,22,23). The summed E-state index contributed by atoms with van der Waals surface area (Å²) in [6, 6.07) is 7.63. The minimum absolute atomic E-state index is 0.229. The quantitative estimate of drug-likeness (QED) is 0.616. The van der Waals surface area contributed by atoms with Crippen LogP contribution in [0.15, 0.2) is 30.3 Å². The molecule has 0 aliphatic heterocycles. The zero-order chi connectivity index (χ0) is 21.4. The molecule has 1 N–H and O–H groups in total. The summed E-state index contributed by atoms with van der Waals surface area (Å²) in [5.74, 6) is 0.413. The maximum absolute atomic E-state index is 12.3. The van der Waals surface area contributed by atoms with E-state index >= 15 is 0 Å². The van der Waals surface area contributed by atoms with Crippen molar-refractivity contribution in [3.05, 3.63) is 40.9 Å². The van der Waals surface area contributed by atoms with Gasteiger partial charge < -0.3 is 29.0 Å². The van der Waals surface area contributed by atoms with Crippen LogP contribution < -0.4 is 24.3 Å². The molecule has 0 heterocycles. The van der Waals surface area contributed by atoms with Gasteiger partial charge in [-0.2, -0.15) is 0 Å². The first kappa shape index (κ1) is 22.2. The lowest BCUT2D eigenvalue weighted by Crippen LogP contribution is -2.21. The predicted molar refractivity (Wildman–Crippen MR) is 108 cm³/mol. The summed E-state index contributed by atoms with van der Waals surface area (Å²) in [7, 11) is 4.41. The van der Waals surface area contributed by atoms with Crippen molar-refractivity contribution < 1.29 is 33.3 Å². The lowest BCUT2D eigenvalue weighted by atomic mass is 10.2. The summed E-state index contributed by atoms with van der Waals surface area (Å²) in [6.45, 7) is 1.72. The van der Waals surface area contributed by atoms with Gasteiger partial charge >= 0.3 is 5.97 Å². The largest absolute Gasteiger partial charge is 0.495 e. The van der Waals surface area contributed by atoms with Gasteiger partial charge in [0.05, 0.1) is 44.2 Å². The number of carbonyl (C=O) groups is 2. The molecule has 8 nitrogen and oxygen atoms in total. The lowest BCUT2D eigenvalue weighted by Gasteiger charge is -2.13. The Labute approximate surface area is 173 Å². The second kappa shape index (κ2) is 10.4. The topological polar surface area (TPSA) is 92.3 Å². The van der Waals surface area contributed by atoms with E-state index < -0.39 is 18.5 Å². The molecular formula is C20H22ClNO7. The molecule has 0 aliphatic carbocycles. The highest BCUT2D eigenvalue weighted by Gasteiger charge is 2.16. The van der Waals surface area contributed by atoms with Gasteiger partial charge in [0.1, 0.15) is 11.5 Å². The molecular weight excluding hydrogens is 402 g/mol. The number of carbonyl (C=O) groups excluding carboxylic acids is 2. The van der Waals surface area contributed by atoms with Crippen molar-refractivity contribution in [3.63, 3.8) is 0 Å². The van der Waals surface area contributed by atoms with Crippen molar-refractivity contribution in [1.29, 1.82) is 0 Å². The van der Waals surface area contributed by atoms with Crippen molar-refractivity contribution in [3.8, 4) is 23.0 Å². The first-order valence-electron chi connectivity index (χ1n) is 8.62. The second-order valence-corrected chi connectivity index (χ2v) is 6.02. The Hall–Kier alpha value is -3.13. The van der Waals surface area contributed by atoms with E-state index in [9.17, 15) is 9.59 Å². The van der Waals surface area contributed by atoms with Crippen molar-refractivity contribution >= 4 is 29.2 Å². The first-order chi connectivity index (χ1) is 13.9. The molecule has 9 heteroatoms. The molecule has 0 bridgehead atoms. The van der Waals surface area contributed by atoms with Crippen molar-refractivity contribution in [2.45, 2.75) is 6.92 Å². The molecule has 156 valence electrons. The van der Waals surface area contributed by atoms with Gasteiger partial charge in [-0.1, -0.05) is 11.6 Å². The van der Waals surface area contributed by atoms with E-state index in [1.165, 1.54) is 45.6 Å². The predicted octanol–water partition coefficient (Wildman–Crippen LogP) is 3.56. The van der Waals surface area contributed by atoms with Crippen LogP contribution in [0, 0.1) is 0 Å². The minimum Gasteiger partial charge on any atom is -0.495 e. The van der Waals surface area contributed by atoms with Gasteiger partial charge in [0.15, 0.2) is 18.1 Å². The molecule has 0 saturated carbocycles. The van der Waals surface area contributed by atoms with Gasteiger partial charge in [0.2, 0.25) is 0 Å². The summed E-state index contributed by atoms with van der Waals surface area (Å²) in [5.41, 5.74) is 0.551. The smallest absolute Gasteiger partial charge is 0.338 e. The second-order valence-electron chi connectivity index (χ2n) is 5.61. The van der Waals surface area contributed by atoms with Crippen LogP contribution in [0.1, 0.15) is 17.3 Å². The van der Waals surface area contributed by atoms with E-state index in [1.807, 2.05) is 6.92 Å². The number of esters is 1. The maximum atomic E-state index is 12.3. The monoisotopic (exact) mass is 423 g/mol. The summed E-state index contributed by atoms with van der Waals surface area (Å²) in [5, 5.41) is 2.88. The van der Waals surface area contributed by atoms with Crippen LogP contribution in [0.25, 0.3) is 0 Å². The van der Waals surface area contributed by atoms with Gasteiger partial charge in [0.25, 0.3) is 5.91 Å². The Balaban J connectivity index is 2.03. The summed E-state index contributed by atoms with van der Waals surface area (Å²) in [4.78, 5) is 24.4. The van der Waals surface area contributed by atoms with E-state index in [2.05, 4.69) is 5.32 Å². The average Bonchev–Trinajstić information content (AvgIpc) is 2.72. The molecule has 2 aromatic rings. The van der Waals surface area contributed by atoms with E-state index in [0.717, 1.165) is 0 Å². The van der Waals surface area contributed by atoms with Crippen LogP contribution in [-0.2, 0) is 9.53 Å². The molecule has 1 amide bonds. The van der Waals surface area contributed by atoms with Crippen molar-refractivity contribution in [1.82, 2.24) is 0 Å². The van der Waals surface area contributed by atoms with E-state index in [-0.39, 0.29) is 5.56 Å². The Kier molecular flexibility index (Phi) is 7.97. The number of benzene rings is 2. The van der Waals surface area contributed by atoms with Crippen LogP contribution in [0.3, 0.4) is 0 Å². The number of hydrogen-bond acceptors (Lipinski definition) is 7. The lowest BCUT2D eigenvalue weighted by molar-refractivity contribution is -0.119. The third-order valence-corrected chi connectivity index (χ3v) is 4.08. The van der Waals surface area contributed by atoms with Crippen LogP contribution in [0.4, 0.5) is 5.69 Å². The number of rotatable bonds is 9. The molecule has 0 aromatic heterocycles. The highest BCUT2D eigenvalue weighted by atomic mass is 35.5. The number of methoxy groups -OCH3 is 3. The molecule has 0 atom stereocenters. The number of nitrogens with one attached hydrogen (secondary N) is 1. The zero-order valence-corrected chi connectivity index (χ0v) is 17.3. The molecule has 29 heavy (non-hydrogen) atoms. The summed E-state index contributed by atoms with van der Waals surface area (Å²) < 4.78 is 26.0. The fraction of sp³-hybridized carbons (Fsp3) is 0.300. The van der Waals surface area contributed by atoms with E-state index in [1.54, 1.807) is 6.07 Å². The Morgan fingerprint density at radius 3 is 2.24 bits per heavy atom. The zero-order valence-electron chi connectivity index (χ0n) is 16.5. The van der Waals surface area contributed by atoms with Crippen molar-refractivity contribution in [2.24, 2.45) is 0 Å². The fourth-order valence-electron chi connectivity index (χ4n) is 2.43. The summed E-state index contributed by atoms with van der Waals surface area (Å²) in [6.07, 6.45) is 0. The van der Waals surface area contributed by atoms with E-state index in [0.29, 0.717) is 40.3 Å². The number of ether oxygens (including phenoxy) is 5.